The van der Waals surface area contributed by atoms with Gasteiger partial charge in [-0.15, -0.1) is 0 Å². The van der Waals surface area contributed by atoms with Crippen LogP contribution in [0.5, 0.6) is 0 Å². The zero-order chi connectivity index (χ0) is 11.7. The van der Waals surface area contributed by atoms with E-state index in [2.05, 4.69) is 44.1 Å². The number of aryl methyl sites for hydroxylation is 1. The van der Waals surface area contributed by atoms with Crippen LogP contribution < -0.4 is 0 Å². The number of aliphatic hydroxyl groups is 1. The van der Waals surface area contributed by atoms with Crippen molar-refractivity contribution >= 4 is 10.9 Å². The predicted molar refractivity (Wildman–Crippen MR) is 65.6 cm³/mol. The molecule has 1 aromatic carbocycles. The molecule has 3 heteroatoms. The van der Waals surface area contributed by atoms with Crippen LogP contribution in [0.2, 0.25) is 0 Å². The summed E-state index contributed by atoms with van der Waals surface area (Å²) in [5.41, 5.74) is 3.38. The number of benzene rings is 1. The Bertz CT molecular complexity index is 500. The van der Waals surface area contributed by atoms with Gasteiger partial charge in [-0.2, -0.15) is 5.10 Å². The van der Waals surface area contributed by atoms with Crippen LogP contribution in [0.25, 0.3) is 10.9 Å². The van der Waals surface area contributed by atoms with Crippen molar-refractivity contribution in [3.8, 4) is 0 Å². The summed E-state index contributed by atoms with van der Waals surface area (Å²) in [7, 11) is 0. The number of rotatable bonds is 3. The lowest BCUT2D eigenvalue weighted by Gasteiger charge is -2.09. The van der Waals surface area contributed by atoms with Crippen LogP contribution in [0.1, 0.15) is 31.1 Å². The van der Waals surface area contributed by atoms with Gasteiger partial charge in [0.25, 0.3) is 0 Å². The fraction of sp³-hybridized carbons (Fsp3) is 0.462. The van der Waals surface area contributed by atoms with Crippen LogP contribution >= 0.6 is 0 Å². The molecule has 0 amide bonds. The summed E-state index contributed by atoms with van der Waals surface area (Å²) in [4.78, 5) is 0. The first-order chi connectivity index (χ1) is 7.63. The van der Waals surface area contributed by atoms with Gasteiger partial charge in [0.2, 0.25) is 0 Å². The minimum absolute atomic E-state index is 0.168. The third-order valence-electron chi connectivity index (χ3n) is 2.79. The normalized spacial score (nSPS) is 11.6. The Labute approximate surface area is 95.7 Å². The highest BCUT2D eigenvalue weighted by molar-refractivity contribution is 5.82. The second-order valence-electron chi connectivity index (χ2n) is 4.48. The largest absolute Gasteiger partial charge is 0.396 e. The highest BCUT2D eigenvalue weighted by Gasteiger charge is 2.12. The highest BCUT2D eigenvalue weighted by Crippen LogP contribution is 2.22. The van der Waals surface area contributed by atoms with E-state index < -0.39 is 0 Å². The number of aromatic nitrogens is 2. The Morgan fingerprint density at radius 3 is 2.75 bits per heavy atom. The van der Waals surface area contributed by atoms with Gasteiger partial charge in [0, 0.05) is 30.1 Å². The first-order valence-electron chi connectivity index (χ1n) is 5.72. The van der Waals surface area contributed by atoms with Crippen LogP contribution in [0.4, 0.5) is 0 Å². The lowest BCUT2D eigenvalue weighted by Crippen LogP contribution is -2.08. The number of nitrogens with zero attached hydrogens (tertiary/aromatic N) is 2. The monoisotopic (exact) mass is 218 g/mol. The predicted octanol–water partition coefficient (Wildman–Crippen LogP) is 2.46. The number of fused-ring (bicyclic) bond motifs is 1. The maximum Gasteiger partial charge on any atom is 0.0929 e. The van der Waals surface area contributed by atoms with Gasteiger partial charge in [0.15, 0.2) is 0 Å². The van der Waals surface area contributed by atoms with Crippen molar-refractivity contribution in [1.82, 2.24) is 9.78 Å². The van der Waals surface area contributed by atoms with Crippen molar-refractivity contribution in [3.63, 3.8) is 0 Å². The Balaban J connectivity index is 2.65. The zero-order valence-electron chi connectivity index (χ0n) is 10.1. The minimum atomic E-state index is 0.168. The van der Waals surface area contributed by atoms with Crippen molar-refractivity contribution in [2.45, 2.75) is 33.2 Å². The van der Waals surface area contributed by atoms with Crippen LogP contribution in [-0.2, 0) is 6.42 Å². The standard InChI is InChI=1S/C13H18N2O/c1-9(2)15-13(6-7-16)11-5-4-10(3)8-12(11)14-15/h4-5,8-9,16H,6-7H2,1-3H3. The van der Waals surface area contributed by atoms with Crippen molar-refractivity contribution in [2.75, 3.05) is 6.61 Å². The zero-order valence-corrected chi connectivity index (χ0v) is 10.1. The van der Waals surface area contributed by atoms with Crippen molar-refractivity contribution < 1.29 is 5.11 Å². The van der Waals surface area contributed by atoms with E-state index in [4.69, 9.17) is 5.11 Å². The van der Waals surface area contributed by atoms with E-state index in [0.717, 1.165) is 16.6 Å². The van der Waals surface area contributed by atoms with Crippen LogP contribution in [0.15, 0.2) is 18.2 Å². The Morgan fingerprint density at radius 2 is 2.12 bits per heavy atom. The van der Waals surface area contributed by atoms with Crippen molar-refractivity contribution in [1.29, 1.82) is 0 Å². The van der Waals surface area contributed by atoms with E-state index in [1.807, 2.05) is 4.68 Å². The molecule has 0 aliphatic carbocycles. The lowest BCUT2D eigenvalue weighted by atomic mass is 10.1. The fourth-order valence-electron chi connectivity index (χ4n) is 2.05. The summed E-state index contributed by atoms with van der Waals surface area (Å²) in [6.07, 6.45) is 0.664. The molecule has 2 rings (SSSR count). The Kier molecular flexibility index (Phi) is 2.97. The molecule has 1 N–H and O–H groups in total. The first-order valence-corrected chi connectivity index (χ1v) is 5.72. The van der Waals surface area contributed by atoms with Crippen molar-refractivity contribution in [3.05, 3.63) is 29.5 Å². The van der Waals surface area contributed by atoms with Gasteiger partial charge in [0.05, 0.1) is 5.52 Å². The van der Waals surface area contributed by atoms with E-state index in [1.165, 1.54) is 5.56 Å². The van der Waals surface area contributed by atoms with E-state index in [0.29, 0.717) is 12.5 Å². The quantitative estimate of drug-likeness (QED) is 0.859. The second-order valence-corrected chi connectivity index (χ2v) is 4.48. The molecule has 0 saturated heterocycles. The van der Waals surface area contributed by atoms with Crippen LogP contribution in [0.3, 0.4) is 0 Å². The molecule has 0 fully saturated rings. The smallest absolute Gasteiger partial charge is 0.0929 e. The SMILES string of the molecule is Cc1ccc2c(CCO)n(C(C)C)nc2c1. The molecule has 0 saturated carbocycles. The average Bonchev–Trinajstić information content (AvgIpc) is 2.57. The van der Waals surface area contributed by atoms with Gasteiger partial charge < -0.3 is 5.11 Å². The summed E-state index contributed by atoms with van der Waals surface area (Å²) in [5.74, 6) is 0. The molecule has 0 atom stereocenters. The number of hydrogen-bond donors (Lipinski definition) is 1. The third-order valence-corrected chi connectivity index (χ3v) is 2.79. The third kappa shape index (κ3) is 1.83. The average molecular weight is 218 g/mol. The topological polar surface area (TPSA) is 38.0 Å². The molecule has 0 bridgehead atoms. The molecule has 0 radical (unpaired) electrons. The summed E-state index contributed by atoms with van der Waals surface area (Å²) in [6.45, 7) is 6.46. The number of hydrogen-bond acceptors (Lipinski definition) is 2. The summed E-state index contributed by atoms with van der Waals surface area (Å²) < 4.78 is 2.01. The molecule has 0 unspecified atom stereocenters. The molecule has 86 valence electrons. The van der Waals surface area contributed by atoms with Crippen LogP contribution in [-0.4, -0.2) is 21.5 Å². The summed E-state index contributed by atoms with van der Waals surface area (Å²) >= 11 is 0. The molecule has 1 heterocycles. The summed E-state index contributed by atoms with van der Waals surface area (Å²) in [5, 5.41) is 14.9. The molecule has 0 spiro atoms. The summed E-state index contributed by atoms with van der Waals surface area (Å²) in [6, 6.07) is 6.61. The first kappa shape index (κ1) is 11.1. The van der Waals surface area contributed by atoms with Gasteiger partial charge in [0.1, 0.15) is 0 Å². The van der Waals surface area contributed by atoms with Gasteiger partial charge >= 0.3 is 0 Å². The van der Waals surface area contributed by atoms with E-state index in [-0.39, 0.29) is 6.61 Å². The Morgan fingerprint density at radius 1 is 1.38 bits per heavy atom. The second kappa shape index (κ2) is 4.26. The molecular weight excluding hydrogens is 200 g/mol. The maximum absolute atomic E-state index is 9.12. The van der Waals surface area contributed by atoms with Crippen molar-refractivity contribution in [2.24, 2.45) is 0 Å². The fourth-order valence-corrected chi connectivity index (χ4v) is 2.05. The molecule has 0 aliphatic heterocycles. The van der Waals surface area contributed by atoms with E-state index >= 15 is 0 Å². The minimum Gasteiger partial charge on any atom is -0.396 e. The number of aliphatic hydroxyl groups excluding tert-OH is 1. The Hall–Kier alpha value is -1.35. The lowest BCUT2D eigenvalue weighted by molar-refractivity contribution is 0.294. The van der Waals surface area contributed by atoms with E-state index in [1.54, 1.807) is 0 Å². The van der Waals surface area contributed by atoms with Gasteiger partial charge in [-0.05, 0) is 32.4 Å². The molecule has 16 heavy (non-hydrogen) atoms. The van der Waals surface area contributed by atoms with Gasteiger partial charge in [-0.1, -0.05) is 12.1 Å². The van der Waals surface area contributed by atoms with E-state index in [9.17, 15) is 0 Å². The van der Waals surface area contributed by atoms with Crippen LogP contribution in [0, 0.1) is 6.92 Å². The highest BCUT2D eigenvalue weighted by atomic mass is 16.3. The molecule has 1 aromatic heterocycles. The molecule has 0 aliphatic rings. The molecule has 2 aromatic rings. The maximum atomic E-state index is 9.12. The molecule has 3 nitrogen and oxygen atoms in total. The van der Waals surface area contributed by atoms with Gasteiger partial charge in [-0.3, -0.25) is 4.68 Å². The molecular formula is C13H18N2O. The van der Waals surface area contributed by atoms with Gasteiger partial charge in [-0.25, -0.2) is 0 Å².